The molecule has 1 aromatic rings. The largest absolute Gasteiger partial charge is 0.402 e. The maximum Gasteiger partial charge on any atom is 0.402 e. The van der Waals surface area contributed by atoms with E-state index < -0.39 is 37.6 Å². The van der Waals surface area contributed by atoms with Crippen molar-refractivity contribution in [3.05, 3.63) is 16.2 Å². The van der Waals surface area contributed by atoms with E-state index in [1.807, 2.05) is 0 Å². The number of nitrogens with zero attached hydrogens (tertiary/aromatic N) is 2. The Morgan fingerprint density at radius 3 is 2.48 bits per heavy atom. The van der Waals surface area contributed by atoms with Gasteiger partial charge in [0.2, 0.25) is 0 Å². The third kappa shape index (κ3) is 4.28. The Hall–Kier alpha value is -1.40. The molecule has 0 amide bonds. The number of thiophene rings is 1. The maximum absolute atomic E-state index is 12.3. The SMILES string of the molecule is CCNc1sc(S(=O)(=O)N(C)CC(F)(F)F)cc1[N+](=O)[O-]. The topological polar surface area (TPSA) is 92.6 Å². The van der Waals surface area contributed by atoms with Crippen LogP contribution in [0, 0.1) is 10.1 Å². The molecule has 0 bridgehead atoms. The van der Waals surface area contributed by atoms with Crippen LogP contribution in [-0.2, 0) is 10.0 Å². The van der Waals surface area contributed by atoms with Gasteiger partial charge in [-0.1, -0.05) is 11.3 Å². The van der Waals surface area contributed by atoms with Gasteiger partial charge in [0, 0.05) is 19.7 Å². The molecule has 7 nitrogen and oxygen atoms in total. The Kier molecular flexibility index (Phi) is 5.17. The van der Waals surface area contributed by atoms with Gasteiger partial charge in [-0.15, -0.1) is 0 Å². The molecule has 0 aliphatic carbocycles. The highest BCUT2D eigenvalue weighted by molar-refractivity contribution is 7.91. The molecule has 12 heteroatoms. The van der Waals surface area contributed by atoms with Gasteiger partial charge in [0.05, 0.1) is 4.92 Å². The fraction of sp³-hybridized carbons (Fsp3) is 0.556. The van der Waals surface area contributed by atoms with Gasteiger partial charge in [0.1, 0.15) is 10.8 Å². The Bertz CT molecular complexity index is 627. The number of anilines is 1. The third-order valence-corrected chi connectivity index (χ3v) is 5.62. The summed E-state index contributed by atoms with van der Waals surface area (Å²) in [6, 6.07) is 0.755. The molecule has 1 rings (SSSR count). The lowest BCUT2D eigenvalue weighted by atomic mass is 10.5. The molecule has 120 valence electrons. The molecule has 0 radical (unpaired) electrons. The van der Waals surface area contributed by atoms with E-state index in [0.717, 1.165) is 13.1 Å². The van der Waals surface area contributed by atoms with Crippen molar-refractivity contribution in [1.29, 1.82) is 0 Å². The molecule has 0 aliphatic rings. The Balaban J connectivity index is 3.20. The zero-order valence-corrected chi connectivity index (χ0v) is 12.6. The minimum atomic E-state index is -4.70. The molecular formula is C9H12F3N3O4S2. The monoisotopic (exact) mass is 347 g/mol. The first kappa shape index (κ1) is 17.7. The fourth-order valence-corrected chi connectivity index (χ4v) is 4.16. The molecule has 1 heterocycles. The number of sulfonamides is 1. The lowest BCUT2D eigenvalue weighted by Crippen LogP contribution is -2.35. The fourth-order valence-electron chi connectivity index (χ4n) is 1.40. The van der Waals surface area contributed by atoms with E-state index in [2.05, 4.69) is 5.32 Å². The normalized spacial score (nSPS) is 12.7. The first-order valence-electron chi connectivity index (χ1n) is 5.54. The average Bonchev–Trinajstić information content (AvgIpc) is 2.72. The summed E-state index contributed by atoms with van der Waals surface area (Å²) < 4.78 is 60.4. The number of rotatable bonds is 6. The van der Waals surface area contributed by atoms with Crippen molar-refractivity contribution < 1.29 is 26.5 Å². The van der Waals surface area contributed by atoms with E-state index in [9.17, 15) is 31.7 Å². The van der Waals surface area contributed by atoms with Crippen molar-refractivity contribution in [1.82, 2.24) is 4.31 Å². The molecule has 1 N–H and O–H groups in total. The van der Waals surface area contributed by atoms with Gasteiger partial charge in [-0.3, -0.25) is 10.1 Å². The van der Waals surface area contributed by atoms with Crippen molar-refractivity contribution in [2.75, 3.05) is 25.5 Å². The molecule has 0 aromatic carbocycles. The molecule has 0 aliphatic heterocycles. The summed E-state index contributed by atoms with van der Waals surface area (Å²) in [7, 11) is -3.67. The average molecular weight is 347 g/mol. The Morgan fingerprint density at radius 1 is 1.48 bits per heavy atom. The number of nitrogens with one attached hydrogen (secondary N) is 1. The lowest BCUT2D eigenvalue weighted by molar-refractivity contribution is -0.383. The zero-order chi connectivity index (χ0) is 16.4. The summed E-state index contributed by atoms with van der Waals surface area (Å²) in [5.41, 5.74) is -0.485. The zero-order valence-electron chi connectivity index (χ0n) is 11.0. The standard InChI is InChI=1S/C9H12F3N3O4S2/c1-3-13-8-6(15(16)17)4-7(20-8)21(18,19)14(2)5-9(10,11)12/h4,13H,3,5H2,1-2H3. The second-order valence-corrected chi connectivity index (χ2v) is 7.27. The summed E-state index contributed by atoms with van der Waals surface area (Å²) in [4.78, 5) is 10.0. The molecule has 0 fully saturated rings. The van der Waals surface area contributed by atoms with Crippen LogP contribution in [0.2, 0.25) is 0 Å². The van der Waals surface area contributed by atoms with Crippen LogP contribution in [0.15, 0.2) is 10.3 Å². The van der Waals surface area contributed by atoms with E-state index in [0.29, 0.717) is 17.9 Å². The van der Waals surface area contributed by atoms with Crippen LogP contribution in [0.4, 0.5) is 23.9 Å². The molecule has 1 aromatic heterocycles. The Morgan fingerprint density at radius 2 is 2.05 bits per heavy atom. The summed E-state index contributed by atoms with van der Waals surface area (Å²) in [6.45, 7) is 0.282. The molecule has 0 spiro atoms. The Labute approximate surface area is 122 Å². The summed E-state index contributed by atoms with van der Waals surface area (Å²) in [5, 5.41) is 13.4. The van der Waals surface area contributed by atoms with Crippen molar-refractivity contribution >= 4 is 32.0 Å². The van der Waals surface area contributed by atoms with E-state index in [1.54, 1.807) is 6.92 Å². The van der Waals surface area contributed by atoms with Gasteiger partial charge in [0.15, 0.2) is 5.00 Å². The molecule has 0 unspecified atom stereocenters. The minimum Gasteiger partial charge on any atom is -0.372 e. The highest BCUT2D eigenvalue weighted by Gasteiger charge is 2.36. The second-order valence-electron chi connectivity index (χ2n) is 3.94. The number of alkyl halides is 3. The van der Waals surface area contributed by atoms with Gasteiger partial charge in [0.25, 0.3) is 10.0 Å². The van der Waals surface area contributed by atoms with Gasteiger partial charge < -0.3 is 5.32 Å². The van der Waals surface area contributed by atoms with E-state index >= 15 is 0 Å². The lowest BCUT2D eigenvalue weighted by Gasteiger charge is -2.17. The van der Waals surface area contributed by atoms with E-state index in [4.69, 9.17) is 0 Å². The number of halogens is 3. The van der Waals surface area contributed by atoms with Gasteiger partial charge in [-0.05, 0) is 6.92 Å². The predicted octanol–water partition coefficient (Wildman–Crippen LogP) is 2.27. The van der Waals surface area contributed by atoms with Crippen LogP contribution in [0.1, 0.15) is 6.92 Å². The van der Waals surface area contributed by atoms with Crippen molar-refractivity contribution in [2.24, 2.45) is 0 Å². The number of nitro groups is 1. The smallest absolute Gasteiger partial charge is 0.372 e. The van der Waals surface area contributed by atoms with Gasteiger partial charge in [-0.25, -0.2) is 8.42 Å². The van der Waals surface area contributed by atoms with Crippen LogP contribution >= 0.6 is 11.3 Å². The molecular weight excluding hydrogens is 335 g/mol. The van der Waals surface area contributed by atoms with Crippen molar-refractivity contribution in [3.8, 4) is 0 Å². The molecule has 0 saturated heterocycles. The van der Waals surface area contributed by atoms with Crippen LogP contribution in [-0.4, -0.2) is 44.0 Å². The van der Waals surface area contributed by atoms with Gasteiger partial charge >= 0.3 is 11.9 Å². The third-order valence-electron chi connectivity index (χ3n) is 2.29. The maximum atomic E-state index is 12.3. The number of hydrogen-bond donors (Lipinski definition) is 1. The van der Waals surface area contributed by atoms with Gasteiger partial charge in [-0.2, -0.15) is 17.5 Å². The summed E-state index contributed by atoms with van der Waals surface area (Å²) in [5.74, 6) is 0. The molecule has 0 atom stereocenters. The summed E-state index contributed by atoms with van der Waals surface area (Å²) in [6.07, 6.45) is -4.70. The second kappa shape index (κ2) is 6.15. The van der Waals surface area contributed by atoms with Crippen LogP contribution < -0.4 is 5.32 Å². The number of hydrogen-bond acceptors (Lipinski definition) is 6. The molecule has 21 heavy (non-hydrogen) atoms. The van der Waals surface area contributed by atoms with E-state index in [-0.39, 0.29) is 9.31 Å². The first-order valence-corrected chi connectivity index (χ1v) is 7.80. The quantitative estimate of drug-likeness (QED) is 0.629. The predicted molar refractivity (Wildman–Crippen MR) is 71.0 cm³/mol. The van der Waals surface area contributed by atoms with Crippen molar-refractivity contribution in [2.45, 2.75) is 17.3 Å². The first-order chi connectivity index (χ1) is 9.49. The van der Waals surface area contributed by atoms with E-state index in [1.165, 1.54) is 0 Å². The van der Waals surface area contributed by atoms with Crippen molar-refractivity contribution in [3.63, 3.8) is 0 Å². The van der Waals surface area contributed by atoms with Crippen LogP contribution in [0.3, 0.4) is 0 Å². The van der Waals surface area contributed by atoms with Crippen LogP contribution in [0.5, 0.6) is 0 Å². The highest BCUT2D eigenvalue weighted by Crippen LogP contribution is 2.38. The molecule has 0 saturated carbocycles. The highest BCUT2D eigenvalue weighted by atomic mass is 32.2. The minimum absolute atomic E-state index is 0.0125. The summed E-state index contributed by atoms with van der Waals surface area (Å²) >= 11 is 0.524. The van der Waals surface area contributed by atoms with Crippen LogP contribution in [0.25, 0.3) is 0 Å².